The van der Waals surface area contributed by atoms with Crippen molar-refractivity contribution in [2.24, 2.45) is 5.14 Å². The summed E-state index contributed by atoms with van der Waals surface area (Å²) in [4.78, 5) is 3.34. The number of primary sulfonamides is 1. The van der Waals surface area contributed by atoms with E-state index < -0.39 is 10.0 Å². The van der Waals surface area contributed by atoms with Crippen molar-refractivity contribution >= 4 is 43.9 Å². The third-order valence-electron chi connectivity index (χ3n) is 5.55. The summed E-state index contributed by atoms with van der Waals surface area (Å²) in [6.07, 6.45) is 3.25. The minimum atomic E-state index is -3.66. The number of likely N-dealkylation sites (N-methyl/N-ethyl adjacent to an activating group) is 1. The second-order valence-electron chi connectivity index (χ2n) is 7.58. The molecule has 5 rings (SSSR count). The van der Waals surface area contributed by atoms with Gasteiger partial charge in [-0.2, -0.15) is 0 Å². The molecule has 0 saturated carbocycles. The van der Waals surface area contributed by atoms with Crippen molar-refractivity contribution in [1.82, 2.24) is 9.47 Å². The average molecular weight is 400 g/mol. The van der Waals surface area contributed by atoms with Gasteiger partial charge in [0, 0.05) is 42.0 Å². The number of nitrogens with two attached hydrogens (primary N) is 1. The molecule has 0 bridgehead atoms. The van der Waals surface area contributed by atoms with Gasteiger partial charge in [0.1, 0.15) is 4.21 Å². The highest BCUT2D eigenvalue weighted by Crippen LogP contribution is 2.40. The van der Waals surface area contributed by atoms with E-state index in [-0.39, 0.29) is 4.21 Å². The Hall–Kier alpha value is -1.93. The van der Waals surface area contributed by atoms with Gasteiger partial charge in [-0.1, -0.05) is 0 Å². The van der Waals surface area contributed by atoms with Gasteiger partial charge in [-0.25, -0.2) is 13.6 Å². The van der Waals surface area contributed by atoms with Crippen LogP contribution in [0.5, 0.6) is 0 Å². The van der Waals surface area contributed by atoms with E-state index in [1.54, 1.807) is 6.07 Å². The number of benzene rings is 1. The van der Waals surface area contributed by atoms with Crippen molar-refractivity contribution in [2.45, 2.75) is 30.6 Å². The number of rotatable bonds is 2. The lowest BCUT2D eigenvalue weighted by Crippen LogP contribution is -2.27. The topological polar surface area (TPSA) is 68.3 Å². The molecule has 1 aromatic carbocycles. The molecule has 2 aliphatic rings. The highest BCUT2D eigenvalue weighted by atomic mass is 32.2. The number of aryl methyl sites for hydroxylation is 1. The Bertz CT molecular complexity index is 1230. The number of aromatic nitrogens is 1. The van der Waals surface area contributed by atoms with Gasteiger partial charge in [0.25, 0.3) is 0 Å². The molecule has 0 saturated heterocycles. The SMILES string of the molecule is Cc1cc2c3c(c1)c1c(n3CC(c3ccc(S(N)(=O)=O)s3)=C2)CCN(C)C1. The monoisotopic (exact) mass is 399 g/mol. The second kappa shape index (κ2) is 5.78. The number of nitrogens with zero attached hydrogens (tertiary/aromatic N) is 2. The predicted molar refractivity (Wildman–Crippen MR) is 110 cm³/mol. The summed E-state index contributed by atoms with van der Waals surface area (Å²) in [5.41, 5.74) is 7.78. The van der Waals surface area contributed by atoms with Crippen molar-refractivity contribution in [3.63, 3.8) is 0 Å². The van der Waals surface area contributed by atoms with Gasteiger partial charge >= 0.3 is 0 Å². The third kappa shape index (κ3) is 2.69. The highest BCUT2D eigenvalue weighted by Gasteiger charge is 2.27. The summed E-state index contributed by atoms with van der Waals surface area (Å²) in [7, 11) is -1.49. The Kier molecular flexibility index (Phi) is 3.68. The second-order valence-corrected chi connectivity index (χ2v) is 10.5. The summed E-state index contributed by atoms with van der Waals surface area (Å²) >= 11 is 1.25. The lowest BCUT2D eigenvalue weighted by Gasteiger charge is -2.25. The number of allylic oxidation sites excluding steroid dienone is 1. The molecule has 7 heteroatoms. The Balaban J connectivity index is 1.70. The van der Waals surface area contributed by atoms with Crippen LogP contribution in [-0.2, 0) is 29.5 Å². The van der Waals surface area contributed by atoms with E-state index in [1.807, 2.05) is 6.07 Å². The normalized spacial score (nSPS) is 17.2. The molecule has 2 N–H and O–H groups in total. The number of thiophene rings is 1. The van der Waals surface area contributed by atoms with Gasteiger partial charge in [-0.05, 0) is 66.6 Å². The highest BCUT2D eigenvalue weighted by molar-refractivity contribution is 7.91. The first-order valence-electron chi connectivity index (χ1n) is 8.98. The molecule has 0 amide bonds. The van der Waals surface area contributed by atoms with Crippen molar-refractivity contribution in [3.05, 3.63) is 51.5 Å². The number of hydrogen-bond donors (Lipinski definition) is 1. The van der Waals surface area contributed by atoms with Crippen molar-refractivity contribution < 1.29 is 8.42 Å². The van der Waals surface area contributed by atoms with E-state index in [9.17, 15) is 8.42 Å². The molecule has 0 atom stereocenters. The fourth-order valence-corrected chi connectivity index (χ4v) is 6.12. The largest absolute Gasteiger partial charge is 0.339 e. The van der Waals surface area contributed by atoms with Gasteiger partial charge in [-0.15, -0.1) is 11.3 Å². The summed E-state index contributed by atoms with van der Waals surface area (Å²) in [5.74, 6) is 0. The maximum absolute atomic E-state index is 11.7. The zero-order valence-electron chi connectivity index (χ0n) is 15.3. The van der Waals surface area contributed by atoms with Gasteiger partial charge in [0.2, 0.25) is 10.0 Å². The van der Waals surface area contributed by atoms with Crippen LogP contribution in [0.25, 0.3) is 22.6 Å². The number of sulfonamides is 1. The van der Waals surface area contributed by atoms with Crippen molar-refractivity contribution in [2.75, 3.05) is 13.6 Å². The van der Waals surface area contributed by atoms with E-state index in [0.29, 0.717) is 0 Å². The molecule has 2 aromatic heterocycles. The van der Waals surface area contributed by atoms with E-state index in [4.69, 9.17) is 5.14 Å². The molecule has 27 heavy (non-hydrogen) atoms. The molecule has 0 fully saturated rings. The zero-order valence-corrected chi connectivity index (χ0v) is 17.0. The van der Waals surface area contributed by atoms with Crippen molar-refractivity contribution in [1.29, 1.82) is 0 Å². The van der Waals surface area contributed by atoms with E-state index in [2.05, 4.69) is 41.6 Å². The quantitative estimate of drug-likeness (QED) is 0.719. The lowest BCUT2D eigenvalue weighted by atomic mass is 9.99. The van der Waals surface area contributed by atoms with Crippen LogP contribution in [0, 0.1) is 6.92 Å². The Morgan fingerprint density at radius 1 is 1.19 bits per heavy atom. The van der Waals surface area contributed by atoms with Crippen LogP contribution in [0.4, 0.5) is 0 Å². The van der Waals surface area contributed by atoms with E-state index in [0.717, 1.165) is 36.5 Å². The fourth-order valence-electron chi connectivity index (χ4n) is 4.38. The summed E-state index contributed by atoms with van der Waals surface area (Å²) in [5, 5.41) is 6.66. The molecule has 140 valence electrons. The van der Waals surface area contributed by atoms with Crippen LogP contribution in [0.3, 0.4) is 0 Å². The lowest BCUT2D eigenvalue weighted by molar-refractivity contribution is 0.310. The summed E-state index contributed by atoms with van der Waals surface area (Å²) < 4.78 is 26.0. The Morgan fingerprint density at radius 3 is 2.74 bits per heavy atom. The molecule has 4 heterocycles. The molecular weight excluding hydrogens is 378 g/mol. The molecule has 2 aliphatic heterocycles. The smallest absolute Gasteiger partial charge is 0.247 e. The molecule has 0 spiro atoms. The van der Waals surface area contributed by atoms with Crippen LogP contribution in [-0.4, -0.2) is 31.5 Å². The minimum Gasteiger partial charge on any atom is -0.339 e. The van der Waals surface area contributed by atoms with E-state index >= 15 is 0 Å². The zero-order chi connectivity index (χ0) is 18.9. The van der Waals surface area contributed by atoms with Crippen LogP contribution < -0.4 is 5.14 Å². The fraction of sp³-hybridized carbons (Fsp3) is 0.300. The van der Waals surface area contributed by atoms with Crippen LogP contribution in [0.15, 0.2) is 28.5 Å². The number of fused-ring (bicyclic) bond motifs is 3. The first-order valence-corrected chi connectivity index (χ1v) is 11.3. The van der Waals surface area contributed by atoms with Crippen LogP contribution in [0.2, 0.25) is 0 Å². The number of hydrogen-bond acceptors (Lipinski definition) is 4. The maximum atomic E-state index is 11.7. The van der Waals surface area contributed by atoms with Crippen LogP contribution in [0.1, 0.15) is 27.3 Å². The Labute approximate surface area is 162 Å². The Morgan fingerprint density at radius 2 is 2.00 bits per heavy atom. The summed E-state index contributed by atoms with van der Waals surface area (Å²) in [6, 6.07) is 8.01. The van der Waals surface area contributed by atoms with Gasteiger partial charge in [0.15, 0.2) is 0 Å². The molecule has 5 nitrogen and oxygen atoms in total. The molecular formula is C20H21N3O2S2. The average Bonchev–Trinajstić information content (AvgIpc) is 3.19. The predicted octanol–water partition coefficient (Wildman–Crippen LogP) is 3.20. The van der Waals surface area contributed by atoms with Crippen LogP contribution >= 0.6 is 11.3 Å². The molecule has 0 radical (unpaired) electrons. The van der Waals surface area contributed by atoms with Crippen molar-refractivity contribution in [3.8, 4) is 0 Å². The third-order valence-corrected chi connectivity index (χ3v) is 8.15. The first kappa shape index (κ1) is 17.2. The van der Waals surface area contributed by atoms with E-state index in [1.165, 1.54) is 44.6 Å². The molecule has 3 aromatic rings. The molecule has 0 aliphatic carbocycles. The first-order chi connectivity index (χ1) is 12.8. The summed E-state index contributed by atoms with van der Waals surface area (Å²) in [6.45, 7) is 4.95. The minimum absolute atomic E-state index is 0.217. The van der Waals surface area contributed by atoms with Gasteiger partial charge < -0.3 is 9.47 Å². The maximum Gasteiger partial charge on any atom is 0.247 e. The standard InChI is InChI=1S/C20H21N3O2S2/c1-12-7-13-9-14(18-3-4-19(26-18)27(21,24)25)10-23-17-5-6-22(2)11-16(17)15(8-12)20(13)23/h3-4,7-9H,5-6,10-11H2,1-2H3,(H2,21,24,25). The van der Waals surface area contributed by atoms with Gasteiger partial charge in [0.05, 0.1) is 5.52 Å². The van der Waals surface area contributed by atoms with Gasteiger partial charge in [-0.3, -0.25) is 0 Å². The molecule has 0 unspecified atom stereocenters.